The highest BCUT2D eigenvalue weighted by Gasteiger charge is 2.44. The summed E-state index contributed by atoms with van der Waals surface area (Å²) >= 11 is 1.85. The van der Waals surface area contributed by atoms with E-state index in [9.17, 15) is 31.1 Å². The zero-order valence-electron chi connectivity index (χ0n) is 19.7. The molecular weight excluding hydrogens is 520 g/mol. The molecule has 1 aromatic heterocycles. The number of piperidine rings is 1. The van der Waals surface area contributed by atoms with Crippen molar-refractivity contribution in [1.29, 1.82) is 0 Å². The maximum Gasteiger partial charge on any atom is 0.490 e. The van der Waals surface area contributed by atoms with Gasteiger partial charge >= 0.3 is 24.3 Å². The summed E-state index contributed by atoms with van der Waals surface area (Å²) in [5.41, 5.74) is 0.237. The molecule has 3 rings (SSSR count). The van der Waals surface area contributed by atoms with Gasteiger partial charge in [0, 0.05) is 37.6 Å². The second-order valence-electron chi connectivity index (χ2n) is 8.54. The summed E-state index contributed by atoms with van der Waals surface area (Å²) < 4.78 is 63.5. The van der Waals surface area contributed by atoms with E-state index in [0.29, 0.717) is 6.54 Å². The third kappa shape index (κ3) is 10.3. The molecule has 1 spiro atoms. The van der Waals surface area contributed by atoms with Crippen LogP contribution in [0.2, 0.25) is 0 Å². The molecule has 1 unspecified atom stereocenters. The Bertz CT molecular complexity index is 839. The highest BCUT2D eigenvalue weighted by molar-refractivity contribution is 7.09. The van der Waals surface area contributed by atoms with Gasteiger partial charge in [0.05, 0.1) is 6.54 Å². The number of rotatable bonds is 4. The number of carbonyl (C=O) groups is 3. The number of likely N-dealkylation sites (tertiary alicyclic amines) is 2. The number of carboxylic acid groups (broad SMARTS) is 2. The fourth-order valence-electron chi connectivity index (χ4n) is 3.97. The molecule has 0 aromatic carbocycles. The van der Waals surface area contributed by atoms with E-state index in [1.807, 2.05) is 25.4 Å². The number of hydrogen-bond donors (Lipinski definition) is 2. The second kappa shape index (κ2) is 13.2. The lowest BCUT2D eigenvalue weighted by atomic mass is 9.86. The summed E-state index contributed by atoms with van der Waals surface area (Å²) in [5, 5.41) is 16.4. The van der Waals surface area contributed by atoms with E-state index in [0.717, 1.165) is 19.6 Å². The van der Waals surface area contributed by atoms with Crippen LogP contribution < -0.4 is 0 Å². The Balaban J connectivity index is 0.000000383. The summed E-state index contributed by atoms with van der Waals surface area (Å²) in [4.78, 5) is 38.2. The quantitative estimate of drug-likeness (QED) is 0.555. The van der Waals surface area contributed by atoms with Gasteiger partial charge in [0.1, 0.15) is 0 Å². The summed E-state index contributed by atoms with van der Waals surface area (Å²) in [6.45, 7) is 5.03. The predicted octanol–water partition coefficient (Wildman–Crippen LogP) is 3.53. The summed E-state index contributed by atoms with van der Waals surface area (Å²) in [6, 6.07) is 4.37. The number of thiophene rings is 1. The fourth-order valence-corrected chi connectivity index (χ4v) is 4.72. The van der Waals surface area contributed by atoms with Gasteiger partial charge in [-0.2, -0.15) is 26.3 Å². The molecule has 2 N–H and O–H groups in total. The van der Waals surface area contributed by atoms with Gasteiger partial charge in [-0.15, -0.1) is 11.3 Å². The smallest absolute Gasteiger partial charge is 0.475 e. The molecule has 0 saturated carbocycles. The normalized spacial score (nSPS) is 20.7. The van der Waals surface area contributed by atoms with Gasteiger partial charge < -0.3 is 15.1 Å². The zero-order valence-corrected chi connectivity index (χ0v) is 20.5. The number of aliphatic carboxylic acids is 2. The zero-order chi connectivity index (χ0) is 27.7. The molecule has 1 amide bonds. The first kappa shape index (κ1) is 31.6. The average Bonchev–Trinajstić information content (AvgIpc) is 3.38. The number of carbonyl (C=O) groups excluding carboxylic acids is 1. The summed E-state index contributed by atoms with van der Waals surface area (Å²) in [6.07, 6.45) is -5.20. The van der Waals surface area contributed by atoms with Gasteiger partial charge in [-0.25, -0.2) is 9.59 Å². The van der Waals surface area contributed by atoms with Crippen LogP contribution in [0.1, 0.15) is 30.6 Å². The standard InChI is InChI=1S/C17H27N3OS.2C2HF3O2/c1-18(2)16(21)13-20-10-5-8-17(20)7-4-9-19(14-17)12-15-6-3-11-22-15;2*3-2(4,5)1(6)7/h3,6,11H,4-5,7-10,12-14H2,1-2H3;2*(H,6,7). The van der Waals surface area contributed by atoms with E-state index in [4.69, 9.17) is 19.8 Å². The van der Waals surface area contributed by atoms with Gasteiger partial charge in [-0.3, -0.25) is 14.6 Å². The van der Waals surface area contributed by atoms with Crippen LogP contribution >= 0.6 is 11.3 Å². The second-order valence-corrected chi connectivity index (χ2v) is 9.57. The Morgan fingerprint density at radius 2 is 1.50 bits per heavy atom. The van der Waals surface area contributed by atoms with E-state index < -0.39 is 24.3 Å². The van der Waals surface area contributed by atoms with Crippen LogP contribution in [-0.4, -0.2) is 101 Å². The highest BCUT2D eigenvalue weighted by Crippen LogP contribution is 2.37. The third-order valence-electron chi connectivity index (χ3n) is 5.64. The molecule has 0 aliphatic carbocycles. The van der Waals surface area contributed by atoms with E-state index in [-0.39, 0.29) is 11.4 Å². The molecule has 2 aliphatic heterocycles. The lowest BCUT2D eigenvalue weighted by Gasteiger charge is -2.46. The molecule has 1 aromatic rings. The van der Waals surface area contributed by atoms with E-state index in [2.05, 4.69) is 27.3 Å². The third-order valence-corrected chi connectivity index (χ3v) is 6.51. The Labute approximate surface area is 208 Å². The molecule has 0 bridgehead atoms. The van der Waals surface area contributed by atoms with E-state index in [1.165, 1.54) is 37.1 Å². The fraction of sp³-hybridized carbons (Fsp3) is 0.667. The molecule has 3 heterocycles. The van der Waals surface area contributed by atoms with Crippen molar-refractivity contribution in [2.45, 2.75) is 50.1 Å². The minimum Gasteiger partial charge on any atom is -0.475 e. The van der Waals surface area contributed by atoms with Crippen LogP contribution in [0.25, 0.3) is 0 Å². The topological polar surface area (TPSA) is 101 Å². The predicted molar refractivity (Wildman–Crippen MR) is 118 cm³/mol. The van der Waals surface area contributed by atoms with Gasteiger partial charge in [0.2, 0.25) is 5.91 Å². The number of hydrogen-bond acceptors (Lipinski definition) is 6. The Morgan fingerprint density at radius 3 is 1.92 bits per heavy atom. The van der Waals surface area contributed by atoms with Crippen molar-refractivity contribution in [3.05, 3.63) is 22.4 Å². The van der Waals surface area contributed by atoms with Crippen LogP contribution in [0.3, 0.4) is 0 Å². The maximum absolute atomic E-state index is 12.1. The van der Waals surface area contributed by atoms with Gasteiger partial charge in [-0.05, 0) is 50.2 Å². The molecule has 1 atom stereocenters. The first-order valence-electron chi connectivity index (χ1n) is 10.8. The molecule has 206 valence electrons. The average molecular weight is 550 g/mol. The number of likely N-dealkylation sites (N-methyl/N-ethyl adjacent to an activating group) is 1. The molecule has 8 nitrogen and oxygen atoms in total. The van der Waals surface area contributed by atoms with Crippen molar-refractivity contribution < 1.29 is 50.9 Å². The molecule has 2 saturated heterocycles. The number of alkyl halides is 6. The lowest BCUT2D eigenvalue weighted by molar-refractivity contribution is -0.193. The first-order chi connectivity index (χ1) is 16.5. The van der Waals surface area contributed by atoms with Gasteiger partial charge in [0.15, 0.2) is 0 Å². The molecule has 36 heavy (non-hydrogen) atoms. The maximum atomic E-state index is 12.1. The number of amides is 1. The van der Waals surface area contributed by atoms with Crippen LogP contribution in [0.15, 0.2) is 17.5 Å². The Kier molecular flexibility index (Phi) is 11.6. The van der Waals surface area contributed by atoms with E-state index in [1.54, 1.807) is 4.90 Å². The van der Waals surface area contributed by atoms with Crippen molar-refractivity contribution >= 4 is 29.2 Å². The minimum absolute atomic E-state index is 0.233. The SMILES string of the molecule is CN(C)C(=O)CN1CCCC12CCCN(Cc1cccs1)C2.O=C(O)C(F)(F)F.O=C(O)C(F)(F)F. The molecule has 2 aliphatic rings. The van der Waals surface area contributed by atoms with Crippen LogP contribution in [0.4, 0.5) is 26.3 Å². The monoisotopic (exact) mass is 549 g/mol. The Hall–Kier alpha value is -2.39. The molecule has 0 radical (unpaired) electrons. The van der Waals surface area contributed by atoms with E-state index >= 15 is 0 Å². The number of halogens is 6. The Morgan fingerprint density at radius 1 is 1.00 bits per heavy atom. The number of carboxylic acids is 2. The summed E-state index contributed by atoms with van der Waals surface area (Å²) in [7, 11) is 3.71. The first-order valence-corrected chi connectivity index (χ1v) is 11.7. The molecule has 2 fully saturated rings. The van der Waals surface area contributed by atoms with Crippen molar-refractivity contribution in [2.24, 2.45) is 0 Å². The highest BCUT2D eigenvalue weighted by atomic mass is 32.1. The van der Waals surface area contributed by atoms with Crippen molar-refractivity contribution in [1.82, 2.24) is 14.7 Å². The largest absolute Gasteiger partial charge is 0.490 e. The van der Waals surface area contributed by atoms with Crippen LogP contribution in [0.5, 0.6) is 0 Å². The van der Waals surface area contributed by atoms with Crippen molar-refractivity contribution in [3.63, 3.8) is 0 Å². The summed E-state index contributed by atoms with van der Waals surface area (Å²) in [5.74, 6) is -5.28. The van der Waals surface area contributed by atoms with Crippen molar-refractivity contribution in [2.75, 3.05) is 40.3 Å². The minimum atomic E-state index is -5.08. The van der Waals surface area contributed by atoms with Crippen LogP contribution in [0, 0.1) is 0 Å². The van der Waals surface area contributed by atoms with Crippen LogP contribution in [-0.2, 0) is 20.9 Å². The molecule has 15 heteroatoms. The number of nitrogens with zero attached hydrogens (tertiary/aromatic N) is 3. The van der Waals surface area contributed by atoms with Gasteiger partial charge in [-0.1, -0.05) is 6.07 Å². The van der Waals surface area contributed by atoms with Crippen molar-refractivity contribution in [3.8, 4) is 0 Å². The molecular formula is C21H29F6N3O5S. The lowest BCUT2D eigenvalue weighted by Crippen LogP contribution is -2.57. The van der Waals surface area contributed by atoms with Gasteiger partial charge in [0.25, 0.3) is 0 Å².